The number of aromatic nitrogens is 2. The second kappa shape index (κ2) is 9.38. The summed E-state index contributed by atoms with van der Waals surface area (Å²) in [6, 6.07) is 6.07. The van der Waals surface area contributed by atoms with Gasteiger partial charge in [0.25, 0.3) is 11.5 Å². The normalized spacial score (nSPS) is 12.1. The first-order valence-corrected chi connectivity index (χ1v) is 11.0. The van der Waals surface area contributed by atoms with Crippen molar-refractivity contribution in [2.75, 3.05) is 5.32 Å². The number of carbonyl (C=O) groups excluding carboxylic acids is 1. The highest BCUT2D eigenvalue weighted by Crippen LogP contribution is 2.40. The van der Waals surface area contributed by atoms with Gasteiger partial charge in [0.2, 0.25) is 0 Å². The van der Waals surface area contributed by atoms with E-state index in [4.69, 9.17) is 23.2 Å². The van der Waals surface area contributed by atoms with Gasteiger partial charge in [0.1, 0.15) is 0 Å². The fourth-order valence-electron chi connectivity index (χ4n) is 3.68. The summed E-state index contributed by atoms with van der Waals surface area (Å²) in [5, 5.41) is 2.54. The van der Waals surface area contributed by atoms with Gasteiger partial charge in [-0.15, -0.1) is 0 Å². The number of rotatable bonds is 3. The number of hydrogen-bond acceptors (Lipinski definition) is 3. The quantitative estimate of drug-likeness (QED) is 0.270. The second-order valence-electron chi connectivity index (χ2n) is 7.89. The van der Waals surface area contributed by atoms with E-state index in [1.165, 1.54) is 42.2 Å². The van der Waals surface area contributed by atoms with Crippen molar-refractivity contribution in [2.45, 2.75) is 12.4 Å². The summed E-state index contributed by atoms with van der Waals surface area (Å²) < 4.78 is 80.4. The molecule has 192 valence electrons. The summed E-state index contributed by atoms with van der Waals surface area (Å²) in [4.78, 5) is 29.8. The SMILES string of the molecule is Cn1c(=O)c(-c2c(Cl)ccc(NC(=O)c3cc(C(F)(F)F)cc(C(F)(F)F)c3)c2Cl)cc2cnccc21. The number of anilines is 1. The van der Waals surface area contributed by atoms with Crippen molar-refractivity contribution in [3.63, 3.8) is 0 Å². The maximum absolute atomic E-state index is 13.2. The molecule has 0 atom stereocenters. The molecule has 2 heterocycles. The van der Waals surface area contributed by atoms with Crippen LogP contribution in [-0.4, -0.2) is 15.5 Å². The molecule has 37 heavy (non-hydrogen) atoms. The molecule has 4 aromatic rings. The van der Waals surface area contributed by atoms with E-state index < -0.39 is 40.5 Å². The molecule has 0 aliphatic rings. The molecule has 0 unspecified atom stereocenters. The van der Waals surface area contributed by atoms with Gasteiger partial charge in [-0.1, -0.05) is 23.2 Å². The molecule has 1 N–H and O–H groups in total. The molecule has 0 saturated heterocycles. The van der Waals surface area contributed by atoms with Crippen molar-refractivity contribution in [3.05, 3.63) is 91.9 Å². The summed E-state index contributed by atoms with van der Waals surface area (Å²) in [5.74, 6) is -1.29. The van der Waals surface area contributed by atoms with Gasteiger partial charge in [0.05, 0.1) is 37.9 Å². The van der Waals surface area contributed by atoms with E-state index >= 15 is 0 Å². The van der Waals surface area contributed by atoms with E-state index in [1.807, 2.05) is 0 Å². The van der Waals surface area contributed by atoms with E-state index in [-0.39, 0.29) is 32.9 Å². The van der Waals surface area contributed by atoms with Crippen LogP contribution in [0, 0.1) is 0 Å². The lowest BCUT2D eigenvalue weighted by Gasteiger charge is -2.16. The fraction of sp³-hybridized carbons (Fsp3) is 0.125. The van der Waals surface area contributed by atoms with Gasteiger partial charge in [0.15, 0.2) is 0 Å². The molecule has 1 amide bonds. The van der Waals surface area contributed by atoms with E-state index in [9.17, 15) is 35.9 Å². The average molecular weight is 560 g/mol. The number of fused-ring (bicyclic) bond motifs is 1. The fourth-order valence-corrected chi connectivity index (χ4v) is 4.30. The zero-order chi connectivity index (χ0) is 27.3. The molecular formula is C24H13Cl2F6N3O2. The molecule has 0 aliphatic heterocycles. The number of alkyl halides is 6. The zero-order valence-electron chi connectivity index (χ0n) is 18.4. The molecule has 5 nitrogen and oxygen atoms in total. The zero-order valence-corrected chi connectivity index (χ0v) is 19.9. The molecule has 0 radical (unpaired) electrons. The number of carbonyl (C=O) groups is 1. The minimum atomic E-state index is -5.13. The minimum Gasteiger partial charge on any atom is -0.321 e. The predicted octanol–water partition coefficient (Wildman–Crippen LogP) is 7.20. The van der Waals surface area contributed by atoms with E-state index in [0.29, 0.717) is 23.0 Å². The van der Waals surface area contributed by atoms with Gasteiger partial charge in [-0.05, 0) is 42.5 Å². The standard InChI is InChI=1S/C24H13Cl2F6N3O2/c1-35-18-4-5-33-10-12(18)8-15(22(35)37)19-16(25)2-3-17(20(19)26)34-21(36)11-6-13(23(27,28)29)9-14(7-11)24(30,31)32/h2-10H,1H3,(H,34,36). The third-order valence-electron chi connectivity index (χ3n) is 5.48. The highest BCUT2D eigenvalue weighted by molar-refractivity contribution is 6.41. The highest BCUT2D eigenvalue weighted by Gasteiger charge is 2.37. The van der Waals surface area contributed by atoms with Crippen molar-refractivity contribution < 1.29 is 31.1 Å². The lowest BCUT2D eigenvalue weighted by Crippen LogP contribution is -2.20. The van der Waals surface area contributed by atoms with Crippen LogP contribution < -0.4 is 10.9 Å². The number of nitrogens with one attached hydrogen (secondary N) is 1. The Hall–Kier alpha value is -3.57. The predicted molar refractivity (Wildman–Crippen MR) is 127 cm³/mol. The first-order chi connectivity index (χ1) is 17.2. The van der Waals surface area contributed by atoms with Crippen molar-refractivity contribution in [3.8, 4) is 11.1 Å². The summed E-state index contributed by atoms with van der Waals surface area (Å²) >= 11 is 12.7. The van der Waals surface area contributed by atoms with Crippen LogP contribution in [0.5, 0.6) is 0 Å². The monoisotopic (exact) mass is 559 g/mol. The number of hydrogen-bond donors (Lipinski definition) is 1. The lowest BCUT2D eigenvalue weighted by atomic mass is 10.0. The Kier molecular flexibility index (Phi) is 6.72. The number of halogens is 8. The topological polar surface area (TPSA) is 64.0 Å². The van der Waals surface area contributed by atoms with Crippen LogP contribution >= 0.6 is 23.2 Å². The number of nitrogens with zero attached hydrogens (tertiary/aromatic N) is 2. The van der Waals surface area contributed by atoms with Gasteiger partial charge in [0, 0.05) is 36.0 Å². The maximum atomic E-state index is 13.2. The molecule has 2 aromatic carbocycles. The highest BCUT2D eigenvalue weighted by atomic mass is 35.5. The molecule has 0 aliphatic carbocycles. The second-order valence-corrected chi connectivity index (χ2v) is 8.67. The van der Waals surface area contributed by atoms with E-state index in [2.05, 4.69) is 10.3 Å². The van der Waals surface area contributed by atoms with Crippen molar-refractivity contribution in [1.82, 2.24) is 9.55 Å². The molecule has 0 fully saturated rings. The number of benzene rings is 2. The Labute approximate surface area is 214 Å². The van der Waals surface area contributed by atoms with Gasteiger partial charge in [-0.25, -0.2) is 0 Å². The number of amides is 1. The summed E-state index contributed by atoms with van der Waals surface area (Å²) in [6.07, 6.45) is -7.27. The minimum absolute atomic E-state index is 0.00695. The van der Waals surface area contributed by atoms with Crippen LogP contribution in [0.2, 0.25) is 10.0 Å². The van der Waals surface area contributed by atoms with Gasteiger partial charge in [-0.2, -0.15) is 26.3 Å². The Morgan fingerprint density at radius 1 is 0.946 bits per heavy atom. The van der Waals surface area contributed by atoms with Crippen LogP contribution in [0.3, 0.4) is 0 Å². The summed E-state index contributed by atoms with van der Waals surface area (Å²) in [5.41, 5.74) is -4.29. The van der Waals surface area contributed by atoms with Gasteiger partial charge >= 0.3 is 12.4 Å². The van der Waals surface area contributed by atoms with E-state index in [0.717, 1.165) is 0 Å². The molecular weight excluding hydrogens is 547 g/mol. The molecule has 13 heteroatoms. The molecule has 2 aromatic heterocycles. The Morgan fingerprint density at radius 2 is 1.57 bits per heavy atom. The Balaban J connectivity index is 1.81. The summed E-state index contributed by atoms with van der Waals surface area (Å²) in [6.45, 7) is 0. The summed E-state index contributed by atoms with van der Waals surface area (Å²) in [7, 11) is 1.51. The Bertz CT molecular complexity index is 1580. The largest absolute Gasteiger partial charge is 0.416 e. The van der Waals surface area contributed by atoms with Gasteiger partial charge in [-0.3, -0.25) is 14.6 Å². The van der Waals surface area contributed by atoms with Crippen LogP contribution in [0.15, 0.2) is 59.7 Å². The van der Waals surface area contributed by atoms with Gasteiger partial charge < -0.3 is 9.88 Å². The van der Waals surface area contributed by atoms with Crippen LogP contribution in [-0.2, 0) is 19.4 Å². The molecule has 0 spiro atoms. The Morgan fingerprint density at radius 3 is 2.16 bits per heavy atom. The smallest absolute Gasteiger partial charge is 0.321 e. The first-order valence-electron chi connectivity index (χ1n) is 10.2. The number of pyridine rings is 2. The van der Waals surface area contributed by atoms with Crippen molar-refractivity contribution >= 4 is 45.7 Å². The molecule has 0 saturated carbocycles. The van der Waals surface area contributed by atoms with E-state index in [1.54, 1.807) is 6.07 Å². The maximum Gasteiger partial charge on any atom is 0.416 e. The molecule has 4 rings (SSSR count). The van der Waals surface area contributed by atoms with Crippen molar-refractivity contribution in [2.24, 2.45) is 7.05 Å². The third-order valence-corrected chi connectivity index (χ3v) is 6.19. The van der Waals surface area contributed by atoms with Crippen LogP contribution in [0.4, 0.5) is 32.0 Å². The third kappa shape index (κ3) is 5.14. The van der Waals surface area contributed by atoms with Crippen molar-refractivity contribution in [1.29, 1.82) is 0 Å². The first kappa shape index (κ1) is 26.5. The lowest BCUT2D eigenvalue weighted by molar-refractivity contribution is -0.143. The number of aryl methyl sites for hydroxylation is 1. The molecule has 0 bridgehead atoms. The van der Waals surface area contributed by atoms with Crippen LogP contribution in [0.1, 0.15) is 21.5 Å². The van der Waals surface area contributed by atoms with Crippen LogP contribution in [0.25, 0.3) is 22.0 Å². The average Bonchev–Trinajstić information content (AvgIpc) is 2.82.